The second-order valence-corrected chi connectivity index (χ2v) is 5.25. The Hall–Kier alpha value is -1.37. The Balaban J connectivity index is 2.18. The number of halogens is 2. The van der Waals surface area contributed by atoms with Gasteiger partial charge >= 0.3 is 5.69 Å². The maximum atomic E-state index is 10.9. The van der Waals surface area contributed by atoms with Crippen LogP contribution in [0.1, 0.15) is 5.56 Å². The summed E-state index contributed by atoms with van der Waals surface area (Å²) in [7, 11) is 0. The van der Waals surface area contributed by atoms with E-state index < -0.39 is 4.92 Å². The summed E-state index contributed by atoms with van der Waals surface area (Å²) in [5.74, 6) is 0.533. The third-order valence-electron chi connectivity index (χ3n) is 2.22. The molecular formula is C11H7Cl2N3O2S. The Morgan fingerprint density at radius 2 is 1.89 bits per heavy atom. The number of hydrogen-bond acceptors (Lipinski definition) is 5. The average molecular weight is 316 g/mol. The molecule has 0 N–H and O–H groups in total. The third kappa shape index (κ3) is 3.56. The van der Waals surface area contributed by atoms with Gasteiger partial charge in [0.05, 0.1) is 4.92 Å². The highest BCUT2D eigenvalue weighted by Crippen LogP contribution is 2.33. The molecule has 1 heterocycles. The molecule has 0 saturated heterocycles. The van der Waals surface area contributed by atoms with Gasteiger partial charge in [0.15, 0.2) is 5.03 Å². The lowest BCUT2D eigenvalue weighted by Gasteiger charge is -2.03. The van der Waals surface area contributed by atoms with E-state index >= 15 is 0 Å². The Morgan fingerprint density at radius 3 is 2.53 bits per heavy atom. The van der Waals surface area contributed by atoms with Crippen LogP contribution < -0.4 is 0 Å². The van der Waals surface area contributed by atoms with E-state index in [0.717, 1.165) is 5.56 Å². The molecule has 0 unspecified atom stereocenters. The van der Waals surface area contributed by atoms with Crippen LogP contribution in [0.3, 0.4) is 0 Å². The van der Waals surface area contributed by atoms with Gasteiger partial charge in [-0.3, -0.25) is 10.1 Å². The maximum absolute atomic E-state index is 10.9. The number of rotatable bonds is 4. The lowest BCUT2D eigenvalue weighted by atomic mass is 10.2. The molecule has 19 heavy (non-hydrogen) atoms. The zero-order chi connectivity index (χ0) is 13.8. The Morgan fingerprint density at radius 1 is 1.21 bits per heavy atom. The maximum Gasteiger partial charge on any atom is 0.338 e. The van der Waals surface area contributed by atoms with Crippen LogP contribution in [-0.4, -0.2) is 14.9 Å². The zero-order valence-corrected chi connectivity index (χ0v) is 11.7. The van der Waals surface area contributed by atoms with Crippen LogP contribution in [0.5, 0.6) is 0 Å². The van der Waals surface area contributed by atoms with Crippen LogP contribution in [0, 0.1) is 10.1 Å². The minimum absolute atomic E-state index is 0.154. The number of hydrogen-bond donors (Lipinski definition) is 0. The van der Waals surface area contributed by atoms with Crippen molar-refractivity contribution in [1.29, 1.82) is 0 Å². The molecule has 0 aliphatic rings. The molecule has 98 valence electrons. The average Bonchev–Trinajstić information content (AvgIpc) is 2.37. The van der Waals surface area contributed by atoms with Crippen molar-refractivity contribution in [2.45, 2.75) is 10.8 Å². The number of aromatic nitrogens is 2. The smallest absolute Gasteiger partial charge is 0.258 e. The van der Waals surface area contributed by atoms with Gasteiger partial charge in [-0.15, -0.1) is 0 Å². The quantitative estimate of drug-likeness (QED) is 0.369. The van der Waals surface area contributed by atoms with E-state index in [2.05, 4.69) is 9.97 Å². The summed E-state index contributed by atoms with van der Waals surface area (Å²) in [6, 6.07) is 7.23. The molecule has 0 aliphatic carbocycles. The lowest BCUT2D eigenvalue weighted by Crippen LogP contribution is -1.96. The Kier molecular flexibility index (Phi) is 4.57. The van der Waals surface area contributed by atoms with E-state index in [1.54, 1.807) is 12.1 Å². The van der Waals surface area contributed by atoms with Crippen LogP contribution in [0.15, 0.2) is 35.6 Å². The lowest BCUT2D eigenvalue weighted by molar-refractivity contribution is -0.388. The van der Waals surface area contributed by atoms with Gasteiger partial charge in [0.25, 0.3) is 0 Å². The van der Waals surface area contributed by atoms with Crippen molar-refractivity contribution in [2.75, 3.05) is 0 Å². The Labute approximate surface area is 123 Å². The fourth-order valence-corrected chi connectivity index (χ4v) is 2.64. The number of thioether (sulfide) groups is 1. The van der Waals surface area contributed by atoms with Crippen molar-refractivity contribution in [3.05, 3.63) is 56.4 Å². The first-order chi connectivity index (χ1) is 9.08. The van der Waals surface area contributed by atoms with Crippen LogP contribution in [0.4, 0.5) is 5.69 Å². The molecule has 0 amide bonds. The van der Waals surface area contributed by atoms with Crippen LogP contribution in [0.25, 0.3) is 0 Å². The highest BCUT2D eigenvalue weighted by Gasteiger charge is 2.21. The van der Waals surface area contributed by atoms with Crippen molar-refractivity contribution in [3.63, 3.8) is 0 Å². The first-order valence-corrected chi connectivity index (χ1v) is 6.84. The molecule has 5 nitrogen and oxygen atoms in total. The SMILES string of the molecule is O=[N+]([O-])c1c(Cl)ncnc1SCc1ccc(Cl)cc1. The molecule has 0 radical (unpaired) electrons. The molecule has 2 aromatic rings. The standard InChI is InChI=1S/C11H7Cl2N3O2S/c12-8-3-1-7(2-4-8)5-19-11-9(16(17)18)10(13)14-6-15-11/h1-4,6H,5H2. The van der Waals surface area contributed by atoms with Crippen LogP contribution >= 0.6 is 35.0 Å². The second kappa shape index (κ2) is 6.18. The molecule has 2 rings (SSSR count). The van der Waals surface area contributed by atoms with Gasteiger partial charge in [-0.25, -0.2) is 9.97 Å². The summed E-state index contributed by atoms with van der Waals surface area (Å²) < 4.78 is 0. The number of nitrogens with zero attached hydrogens (tertiary/aromatic N) is 3. The minimum atomic E-state index is -0.577. The molecule has 0 saturated carbocycles. The van der Waals surface area contributed by atoms with E-state index in [4.69, 9.17) is 23.2 Å². The highest BCUT2D eigenvalue weighted by molar-refractivity contribution is 7.98. The van der Waals surface area contributed by atoms with Crippen molar-refractivity contribution < 1.29 is 4.92 Å². The minimum Gasteiger partial charge on any atom is -0.258 e. The van der Waals surface area contributed by atoms with Crippen molar-refractivity contribution >= 4 is 40.7 Å². The summed E-state index contributed by atoms with van der Waals surface area (Å²) >= 11 is 12.7. The number of nitro groups is 1. The summed E-state index contributed by atoms with van der Waals surface area (Å²) in [5, 5.41) is 11.6. The topological polar surface area (TPSA) is 68.9 Å². The van der Waals surface area contributed by atoms with Gasteiger partial charge in [0.1, 0.15) is 6.33 Å². The fraction of sp³-hybridized carbons (Fsp3) is 0.0909. The van der Waals surface area contributed by atoms with Crippen molar-refractivity contribution in [3.8, 4) is 0 Å². The Bertz CT molecular complexity index is 607. The third-order valence-corrected chi connectivity index (χ3v) is 3.79. The van der Waals surface area contributed by atoms with Gasteiger partial charge in [0, 0.05) is 10.8 Å². The van der Waals surface area contributed by atoms with Gasteiger partial charge in [-0.2, -0.15) is 0 Å². The largest absolute Gasteiger partial charge is 0.338 e. The second-order valence-electron chi connectivity index (χ2n) is 3.49. The molecule has 1 aromatic carbocycles. The predicted octanol–water partition coefficient (Wildman–Crippen LogP) is 3.98. The molecule has 0 bridgehead atoms. The molecule has 0 aliphatic heterocycles. The highest BCUT2D eigenvalue weighted by atomic mass is 35.5. The molecular weight excluding hydrogens is 309 g/mol. The predicted molar refractivity (Wildman–Crippen MR) is 74.7 cm³/mol. The van der Waals surface area contributed by atoms with E-state index in [1.807, 2.05) is 12.1 Å². The number of benzene rings is 1. The first-order valence-electron chi connectivity index (χ1n) is 5.10. The normalized spacial score (nSPS) is 10.4. The van der Waals surface area contributed by atoms with Crippen LogP contribution in [0.2, 0.25) is 10.2 Å². The summed E-state index contributed by atoms with van der Waals surface area (Å²) in [4.78, 5) is 17.8. The fourth-order valence-electron chi connectivity index (χ4n) is 1.33. The molecule has 0 atom stereocenters. The summed E-state index contributed by atoms with van der Waals surface area (Å²) in [6.45, 7) is 0. The van der Waals surface area contributed by atoms with Gasteiger partial charge in [0.2, 0.25) is 5.15 Å². The summed E-state index contributed by atoms with van der Waals surface area (Å²) in [6.07, 6.45) is 1.21. The zero-order valence-electron chi connectivity index (χ0n) is 9.42. The molecule has 8 heteroatoms. The van der Waals surface area contributed by atoms with Crippen molar-refractivity contribution in [1.82, 2.24) is 9.97 Å². The van der Waals surface area contributed by atoms with E-state index in [0.29, 0.717) is 10.8 Å². The first kappa shape index (κ1) is 14.0. The van der Waals surface area contributed by atoms with Crippen molar-refractivity contribution in [2.24, 2.45) is 0 Å². The molecule has 0 spiro atoms. The van der Waals surface area contributed by atoms with E-state index in [1.165, 1.54) is 18.1 Å². The molecule has 1 aromatic heterocycles. The van der Waals surface area contributed by atoms with Gasteiger partial charge in [-0.1, -0.05) is 47.1 Å². The monoisotopic (exact) mass is 315 g/mol. The van der Waals surface area contributed by atoms with Gasteiger partial charge < -0.3 is 0 Å². The van der Waals surface area contributed by atoms with E-state index in [-0.39, 0.29) is 15.9 Å². The summed E-state index contributed by atoms with van der Waals surface area (Å²) in [5.41, 5.74) is 0.724. The van der Waals surface area contributed by atoms with Crippen LogP contribution in [-0.2, 0) is 5.75 Å². The molecule has 0 fully saturated rings. The van der Waals surface area contributed by atoms with Gasteiger partial charge in [-0.05, 0) is 17.7 Å². The van der Waals surface area contributed by atoms with E-state index in [9.17, 15) is 10.1 Å².